The van der Waals surface area contributed by atoms with E-state index in [0.29, 0.717) is 13.0 Å². The first kappa shape index (κ1) is 15.6. The number of carbonyl (C=O) groups is 2. The molecule has 0 aromatic heterocycles. The Balaban J connectivity index is 3.66. The van der Waals surface area contributed by atoms with Gasteiger partial charge in [-0.3, -0.25) is 4.79 Å². The lowest BCUT2D eigenvalue weighted by Crippen LogP contribution is -2.41. The van der Waals surface area contributed by atoms with Crippen molar-refractivity contribution in [3.05, 3.63) is 12.7 Å². The highest BCUT2D eigenvalue weighted by Gasteiger charge is 2.15. The maximum absolute atomic E-state index is 10.8. The van der Waals surface area contributed by atoms with Crippen molar-refractivity contribution in [3.63, 3.8) is 0 Å². The molecule has 0 spiro atoms. The molecular weight excluding hydrogens is 222 g/mol. The summed E-state index contributed by atoms with van der Waals surface area (Å²) in [5, 5.41) is 8.54. The van der Waals surface area contributed by atoms with Crippen LogP contribution in [0.2, 0.25) is 0 Å². The normalized spacial score (nSPS) is 10.9. The number of quaternary nitrogens is 1. The molecule has 0 unspecified atom stereocenters. The standard InChI is InChI=1S/C12H21NO4/c1-4-12(16)17-10-6-9-13(2,3)8-5-7-11(14)15/h4H,1,5-10H2,2-3H3/p+1. The Kier molecular flexibility index (Phi) is 7.21. The van der Waals surface area contributed by atoms with E-state index in [1.807, 2.05) is 14.1 Å². The van der Waals surface area contributed by atoms with E-state index in [0.717, 1.165) is 30.1 Å². The van der Waals surface area contributed by atoms with Crippen LogP contribution in [0.1, 0.15) is 19.3 Å². The highest BCUT2D eigenvalue weighted by atomic mass is 16.5. The Morgan fingerprint density at radius 1 is 1.29 bits per heavy atom. The van der Waals surface area contributed by atoms with Gasteiger partial charge in [-0.15, -0.1) is 0 Å². The Labute approximate surface area is 102 Å². The van der Waals surface area contributed by atoms with Crippen molar-refractivity contribution >= 4 is 11.9 Å². The van der Waals surface area contributed by atoms with Crippen LogP contribution in [0.5, 0.6) is 0 Å². The summed E-state index contributed by atoms with van der Waals surface area (Å²) in [4.78, 5) is 21.2. The number of aliphatic carboxylic acids is 1. The van der Waals surface area contributed by atoms with E-state index in [1.54, 1.807) is 0 Å². The predicted octanol–water partition coefficient (Wildman–Crippen LogP) is 1.05. The topological polar surface area (TPSA) is 63.6 Å². The Morgan fingerprint density at radius 2 is 1.88 bits per heavy atom. The van der Waals surface area contributed by atoms with Gasteiger partial charge in [0.1, 0.15) is 0 Å². The van der Waals surface area contributed by atoms with E-state index in [1.165, 1.54) is 0 Å². The molecule has 0 radical (unpaired) electrons. The number of nitrogens with zero attached hydrogens (tertiary/aromatic N) is 1. The highest BCUT2D eigenvalue weighted by molar-refractivity contribution is 5.81. The van der Waals surface area contributed by atoms with Gasteiger partial charge >= 0.3 is 11.9 Å². The Bertz CT molecular complexity index is 274. The lowest BCUT2D eigenvalue weighted by Gasteiger charge is -2.29. The zero-order valence-corrected chi connectivity index (χ0v) is 10.6. The summed E-state index contributed by atoms with van der Waals surface area (Å²) < 4.78 is 5.60. The van der Waals surface area contributed by atoms with Crippen LogP contribution in [0.3, 0.4) is 0 Å². The number of ether oxygens (including phenoxy) is 1. The first-order valence-electron chi connectivity index (χ1n) is 5.70. The second-order valence-electron chi connectivity index (χ2n) is 4.61. The zero-order chi connectivity index (χ0) is 13.3. The monoisotopic (exact) mass is 244 g/mol. The van der Waals surface area contributed by atoms with Gasteiger partial charge in [-0.25, -0.2) is 4.79 Å². The van der Waals surface area contributed by atoms with E-state index in [-0.39, 0.29) is 6.42 Å². The summed E-state index contributed by atoms with van der Waals surface area (Å²) in [6.07, 6.45) is 2.77. The van der Waals surface area contributed by atoms with Crippen molar-refractivity contribution in [2.24, 2.45) is 0 Å². The molecule has 98 valence electrons. The van der Waals surface area contributed by atoms with Crippen LogP contribution in [0.15, 0.2) is 12.7 Å². The minimum atomic E-state index is -0.759. The van der Waals surface area contributed by atoms with Gasteiger partial charge in [-0.05, 0) is 0 Å². The fraction of sp³-hybridized carbons (Fsp3) is 0.667. The molecule has 0 saturated carbocycles. The molecule has 1 N–H and O–H groups in total. The van der Waals surface area contributed by atoms with E-state index in [4.69, 9.17) is 9.84 Å². The van der Waals surface area contributed by atoms with Crippen molar-refractivity contribution in [1.82, 2.24) is 0 Å². The van der Waals surface area contributed by atoms with E-state index in [2.05, 4.69) is 6.58 Å². The fourth-order valence-corrected chi connectivity index (χ4v) is 1.49. The highest BCUT2D eigenvalue weighted by Crippen LogP contribution is 2.03. The van der Waals surface area contributed by atoms with Gasteiger partial charge in [-0.2, -0.15) is 0 Å². The zero-order valence-electron chi connectivity index (χ0n) is 10.6. The molecule has 0 aliphatic heterocycles. The summed E-state index contributed by atoms with van der Waals surface area (Å²) in [5.41, 5.74) is 0. The van der Waals surface area contributed by atoms with E-state index < -0.39 is 11.9 Å². The number of carbonyl (C=O) groups excluding carboxylic acids is 1. The number of esters is 1. The molecule has 0 amide bonds. The maximum Gasteiger partial charge on any atom is 0.330 e. The van der Waals surface area contributed by atoms with Gasteiger partial charge in [-0.1, -0.05) is 6.58 Å². The van der Waals surface area contributed by atoms with Crippen molar-refractivity contribution in [2.45, 2.75) is 19.3 Å². The molecule has 5 nitrogen and oxygen atoms in total. The molecule has 0 heterocycles. The van der Waals surface area contributed by atoms with Gasteiger partial charge in [0.05, 0.1) is 40.2 Å². The van der Waals surface area contributed by atoms with Crippen LogP contribution in [-0.4, -0.2) is 55.3 Å². The average molecular weight is 244 g/mol. The lowest BCUT2D eigenvalue weighted by molar-refractivity contribution is -0.890. The van der Waals surface area contributed by atoms with Crippen LogP contribution in [-0.2, 0) is 14.3 Å². The minimum Gasteiger partial charge on any atom is -0.481 e. The van der Waals surface area contributed by atoms with Crippen LogP contribution in [0.25, 0.3) is 0 Å². The number of carboxylic acids is 1. The summed E-state index contributed by atoms with van der Waals surface area (Å²) in [6.45, 7) is 5.35. The molecule has 0 fully saturated rings. The largest absolute Gasteiger partial charge is 0.481 e. The second-order valence-corrected chi connectivity index (χ2v) is 4.61. The Morgan fingerprint density at radius 3 is 2.41 bits per heavy atom. The quantitative estimate of drug-likeness (QED) is 0.285. The van der Waals surface area contributed by atoms with E-state index in [9.17, 15) is 9.59 Å². The number of hydrogen-bond donors (Lipinski definition) is 1. The predicted molar refractivity (Wildman–Crippen MR) is 64.5 cm³/mol. The third kappa shape index (κ3) is 9.56. The fourth-order valence-electron chi connectivity index (χ4n) is 1.49. The SMILES string of the molecule is C=CC(=O)OCCC[N+](C)(C)CCCC(=O)O. The Hall–Kier alpha value is -1.36. The average Bonchev–Trinajstić information content (AvgIpc) is 2.23. The van der Waals surface area contributed by atoms with Crippen molar-refractivity contribution < 1.29 is 23.9 Å². The van der Waals surface area contributed by atoms with Gasteiger partial charge in [0.15, 0.2) is 0 Å². The first-order chi connectivity index (χ1) is 7.87. The van der Waals surface area contributed by atoms with Crippen LogP contribution in [0, 0.1) is 0 Å². The second kappa shape index (κ2) is 7.84. The van der Waals surface area contributed by atoms with Gasteiger partial charge in [0, 0.05) is 18.9 Å². The van der Waals surface area contributed by atoms with Crippen LogP contribution < -0.4 is 0 Å². The number of rotatable bonds is 9. The van der Waals surface area contributed by atoms with Gasteiger partial charge < -0.3 is 14.3 Å². The van der Waals surface area contributed by atoms with Crippen LogP contribution in [0.4, 0.5) is 0 Å². The van der Waals surface area contributed by atoms with Crippen molar-refractivity contribution in [1.29, 1.82) is 0 Å². The molecule has 0 aromatic rings. The number of hydrogen-bond acceptors (Lipinski definition) is 3. The summed E-state index contributed by atoms with van der Waals surface area (Å²) in [5.74, 6) is -1.16. The van der Waals surface area contributed by atoms with Crippen molar-refractivity contribution in [3.8, 4) is 0 Å². The molecule has 0 saturated heterocycles. The smallest absolute Gasteiger partial charge is 0.330 e. The molecule has 0 aliphatic carbocycles. The molecule has 5 heteroatoms. The third-order valence-electron chi connectivity index (χ3n) is 2.47. The minimum absolute atomic E-state index is 0.202. The first-order valence-corrected chi connectivity index (χ1v) is 5.70. The molecule has 0 bridgehead atoms. The summed E-state index contributed by atoms with van der Waals surface area (Å²) >= 11 is 0. The van der Waals surface area contributed by atoms with Crippen molar-refractivity contribution in [2.75, 3.05) is 33.8 Å². The molecule has 0 rings (SSSR count). The number of carboxylic acid groups (broad SMARTS) is 1. The summed E-state index contributed by atoms with van der Waals surface area (Å²) in [7, 11) is 4.08. The summed E-state index contributed by atoms with van der Waals surface area (Å²) in [6, 6.07) is 0. The van der Waals surface area contributed by atoms with Gasteiger partial charge in [0.2, 0.25) is 0 Å². The maximum atomic E-state index is 10.8. The third-order valence-corrected chi connectivity index (χ3v) is 2.47. The van der Waals surface area contributed by atoms with Crippen LogP contribution >= 0.6 is 0 Å². The molecular formula is C12H22NO4+. The molecule has 17 heavy (non-hydrogen) atoms. The van der Waals surface area contributed by atoms with E-state index >= 15 is 0 Å². The molecule has 0 aliphatic rings. The lowest BCUT2D eigenvalue weighted by atomic mass is 10.2. The molecule has 0 atom stereocenters. The molecule has 0 aromatic carbocycles. The van der Waals surface area contributed by atoms with Gasteiger partial charge in [0.25, 0.3) is 0 Å².